The first-order valence-corrected chi connectivity index (χ1v) is 12.4. The van der Waals surface area contributed by atoms with Crippen LogP contribution in [-0.4, -0.2) is 42.0 Å². The number of ether oxygens (including phenoxy) is 1. The average Bonchev–Trinajstić information content (AvgIpc) is 3.21. The number of hydrogen-bond acceptors (Lipinski definition) is 8. The lowest BCUT2D eigenvalue weighted by molar-refractivity contribution is 0.0474. The monoisotopic (exact) mass is 512 g/mol. The highest BCUT2D eigenvalue weighted by Gasteiger charge is 2.36. The highest BCUT2D eigenvalue weighted by atomic mass is 32.2. The smallest absolute Gasteiger partial charge is 0.338 e. The minimum absolute atomic E-state index is 0.0923. The van der Waals surface area contributed by atoms with Crippen LogP contribution in [0.15, 0.2) is 63.0 Å². The largest absolute Gasteiger partial charge is 0.454 e. The maximum Gasteiger partial charge on any atom is 0.338 e. The fraction of sp³-hybridized carbons (Fsp3) is 0.250. The van der Waals surface area contributed by atoms with E-state index in [1.54, 1.807) is 19.1 Å². The van der Waals surface area contributed by atoms with Crippen molar-refractivity contribution in [3.05, 3.63) is 86.1 Å². The highest BCUT2D eigenvalue weighted by molar-refractivity contribution is 7.92. The third-order valence-corrected chi connectivity index (χ3v) is 8.02. The van der Waals surface area contributed by atoms with Crippen LogP contribution < -0.4 is 21.3 Å². The van der Waals surface area contributed by atoms with E-state index < -0.39 is 45.2 Å². The molecule has 0 bridgehead atoms. The van der Waals surface area contributed by atoms with E-state index in [1.807, 2.05) is 12.1 Å². The second-order valence-electron chi connectivity index (χ2n) is 8.48. The molecule has 1 atom stereocenters. The number of nitrogen functional groups attached to an aromatic ring is 1. The second kappa shape index (κ2) is 9.11. The predicted molar refractivity (Wildman–Crippen MR) is 132 cm³/mol. The third-order valence-electron chi connectivity index (χ3n) is 6.09. The number of ketones is 1. The number of Topliss-reactive ketones (excluding diaryl/α,β-unsaturated/α-hetero) is 1. The Kier molecular flexibility index (Phi) is 6.31. The molecule has 0 saturated carbocycles. The van der Waals surface area contributed by atoms with Gasteiger partial charge in [0.2, 0.25) is 5.78 Å². The lowest BCUT2D eigenvalue weighted by atomic mass is 10.1. The minimum atomic E-state index is -3.99. The maximum absolute atomic E-state index is 13.4. The van der Waals surface area contributed by atoms with E-state index in [4.69, 9.17) is 10.5 Å². The van der Waals surface area contributed by atoms with Crippen LogP contribution in [0.2, 0.25) is 0 Å². The molecule has 11 nitrogen and oxygen atoms in total. The van der Waals surface area contributed by atoms with Gasteiger partial charge < -0.3 is 10.5 Å². The number of benzene rings is 2. The predicted octanol–water partition coefficient (Wildman–Crippen LogP) is 0.846. The van der Waals surface area contributed by atoms with Gasteiger partial charge in [0.25, 0.3) is 15.6 Å². The van der Waals surface area contributed by atoms with Crippen molar-refractivity contribution < 1.29 is 22.7 Å². The number of fused-ring (bicyclic) bond motifs is 1. The van der Waals surface area contributed by atoms with Crippen molar-refractivity contribution in [2.24, 2.45) is 14.1 Å². The first-order chi connectivity index (χ1) is 16.9. The van der Waals surface area contributed by atoms with Gasteiger partial charge in [-0.3, -0.25) is 23.0 Å². The summed E-state index contributed by atoms with van der Waals surface area (Å²) >= 11 is 0. The molecule has 2 aromatic carbocycles. The molecular weight excluding hydrogens is 488 g/mol. The van der Waals surface area contributed by atoms with Crippen molar-refractivity contribution in [3.8, 4) is 0 Å². The Morgan fingerprint density at radius 3 is 2.47 bits per heavy atom. The summed E-state index contributed by atoms with van der Waals surface area (Å²) in [6, 6.07) is 12.2. The number of carbonyl (C=O) groups is 2. The zero-order valence-electron chi connectivity index (χ0n) is 19.8. The van der Waals surface area contributed by atoms with E-state index in [-0.39, 0.29) is 22.3 Å². The van der Waals surface area contributed by atoms with E-state index in [9.17, 15) is 27.6 Å². The number of rotatable bonds is 6. The van der Waals surface area contributed by atoms with Gasteiger partial charge in [-0.15, -0.1) is 0 Å². The van der Waals surface area contributed by atoms with Crippen LogP contribution in [0.25, 0.3) is 0 Å². The van der Waals surface area contributed by atoms with Gasteiger partial charge in [-0.1, -0.05) is 24.3 Å². The van der Waals surface area contributed by atoms with E-state index in [0.717, 1.165) is 14.7 Å². The van der Waals surface area contributed by atoms with Gasteiger partial charge in [0, 0.05) is 20.1 Å². The Labute approximate surface area is 206 Å². The number of para-hydroxylation sites is 1. The van der Waals surface area contributed by atoms with Gasteiger partial charge in [-0.2, -0.15) is 0 Å². The quantitative estimate of drug-likeness (QED) is 0.377. The summed E-state index contributed by atoms with van der Waals surface area (Å²) in [4.78, 5) is 49.4. The zero-order valence-corrected chi connectivity index (χ0v) is 20.6. The fourth-order valence-electron chi connectivity index (χ4n) is 4.21. The lowest BCUT2D eigenvalue weighted by Crippen LogP contribution is -2.42. The van der Waals surface area contributed by atoms with Crippen LogP contribution in [0.4, 0.5) is 11.5 Å². The molecule has 2 heterocycles. The van der Waals surface area contributed by atoms with Crippen LogP contribution >= 0.6 is 0 Å². The number of esters is 1. The summed E-state index contributed by atoms with van der Waals surface area (Å²) < 4.78 is 34.9. The number of nitrogens with zero attached hydrogens (tertiary/aromatic N) is 3. The van der Waals surface area contributed by atoms with Crippen molar-refractivity contribution in [1.29, 1.82) is 0 Å². The van der Waals surface area contributed by atoms with E-state index >= 15 is 0 Å². The van der Waals surface area contributed by atoms with E-state index in [0.29, 0.717) is 12.1 Å². The molecule has 1 aliphatic heterocycles. The second-order valence-corrected chi connectivity index (χ2v) is 10.3. The van der Waals surface area contributed by atoms with Crippen LogP contribution in [0.5, 0.6) is 0 Å². The van der Waals surface area contributed by atoms with Crippen molar-refractivity contribution in [1.82, 2.24) is 9.13 Å². The summed E-state index contributed by atoms with van der Waals surface area (Å²) in [5, 5.41) is 0. The summed E-state index contributed by atoms with van der Waals surface area (Å²) in [7, 11) is -1.50. The molecule has 4 rings (SSSR count). The number of aromatic nitrogens is 2. The average molecular weight is 513 g/mol. The fourth-order valence-corrected chi connectivity index (χ4v) is 5.95. The number of anilines is 2. The van der Waals surface area contributed by atoms with Crippen LogP contribution in [-0.2, 0) is 35.3 Å². The van der Waals surface area contributed by atoms with Gasteiger partial charge in [0.1, 0.15) is 11.4 Å². The molecule has 1 aliphatic rings. The Balaban J connectivity index is 1.57. The normalized spacial score (nSPS) is 15.0. The minimum Gasteiger partial charge on any atom is -0.454 e. The highest BCUT2D eigenvalue weighted by Crippen LogP contribution is 2.36. The van der Waals surface area contributed by atoms with Gasteiger partial charge in [-0.05, 0) is 43.2 Å². The Hall–Kier alpha value is -4.19. The van der Waals surface area contributed by atoms with Gasteiger partial charge >= 0.3 is 11.7 Å². The van der Waals surface area contributed by atoms with Crippen LogP contribution in [0.3, 0.4) is 0 Å². The summed E-state index contributed by atoms with van der Waals surface area (Å²) in [5.74, 6) is -2.21. The zero-order chi connectivity index (χ0) is 26.4. The molecule has 3 aromatic rings. The van der Waals surface area contributed by atoms with Crippen molar-refractivity contribution in [3.63, 3.8) is 0 Å². The first-order valence-electron chi connectivity index (χ1n) is 10.9. The summed E-state index contributed by atoms with van der Waals surface area (Å²) in [6.07, 6.45) is 0.562. The molecule has 2 N–H and O–H groups in total. The van der Waals surface area contributed by atoms with Gasteiger partial charge in [0.15, 0.2) is 6.61 Å². The third kappa shape index (κ3) is 4.09. The van der Waals surface area contributed by atoms with Crippen molar-refractivity contribution >= 4 is 33.3 Å². The molecule has 1 aromatic heterocycles. The van der Waals surface area contributed by atoms with Crippen LogP contribution in [0.1, 0.15) is 33.2 Å². The SMILES string of the molecule is CC1Cc2ccccc2N1S(=O)(=O)c1cccc(C(=O)OCC(=O)c2c(N)n(C)c(=O)n(C)c2=O)c1. The summed E-state index contributed by atoms with van der Waals surface area (Å²) in [6.45, 7) is 0.973. The standard InChI is InChI=1S/C24H24N4O7S/c1-14-11-15-7-4-5-10-18(15)28(14)36(33,34)17-9-6-8-16(12-17)23(31)35-13-19(29)20-21(25)26(2)24(32)27(3)22(20)30/h4-10,12,14H,11,13,25H2,1-3H3. The summed E-state index contributed by atoms with van der Waals surface area (Å²) in [5.41, 5.74) is 5.06. The van der Waals surface area contributed by atoms with Crippen LogP contribution in [0, 0.1) is 0 Å². The molecule has 0 spiro atoms. The molecule has 36 heavy (non-hydrogen) atoms. The first kappa shape index (κ1) is 24.9. The molecular formula is C24H24N4O7S. The lowest BCUT2D eigenvalue weighted by Gasteiger charge is -2.24. The molecule has 0 aliphatic carbocycles. The van der Waals surface area contributed by atoms with Crippen molar-refractivity contribution in [2.45, 2.75) is 24.3 Å². The number of hydrogen-bond donors (Lipinski definition) is 1. The topological polar surface area (TPSA) is 151 Å². The Bertz CT molecular complexity index is 1620. The van der Waals surface area contributed by atoms with Gasteiger partial charge in [-0.25, -0.2) is 18.0 Å². The molecule has 1 unspecified atom stereocenters. The van der Waals surface area contributed by atoms with E-state index in [1.165, 1.54) is 42.7 Å². The molecule has 188 valence electrons. The number of carbonyl (C=O) groups excluding carboxylic acids is 2. The molecule has 0 fully saturated rings. The maximum atomic E-state index is 13.4. The van der Waals surface area contributed by atoms with Gasteiger partial charge in [0.05, 0.1) is 16.1 Å². The molecule has 0 radical (unpaired) electrons. The number of nitrogens with two attached hydrogens (primary N) is 1. The number of sulfonamides is 1. The Morgan fingerprint density at radius 1 is 1.06 bits per heavy atom. The Morgan fingerprint density at radius 2 is 1.75 bits per heavy atom. The molecule has 0 amide bonds. The van der Waals surface area contributed by atoms with E-state index in [2.05, 4.69) is 0 Å². The van der Waals surface area contributed by atoms with Crippen molar-refractivity contribution in [2.75, 3.05) is 16.6 Å². The molecule has 0 saturated heterocycles. The molecule has 12 heteroatoms.